The molecule has 0 saturated carbocycles. The molecule has 1 aliphatic heterocycles. The third kappa shape index (κ3) is 4.10. The summed E-state index contributed by atoms with van der Waals surface area (Å²) in [6.45, 7) is 4.94. The summed E-state index contributed by atoms with van der Waals surface area (Å²) in [5, 5.41) is 11.1. The quantitative estimate of drug-likeness (QED) is 0.709. The van der Waals surface area contributed by atoms with Gasteiger partial charge < -0.3 is 10.2 Å². The van der Waals surface area contributed by atoms with Crippen LogP contribution in [0.1, 0.15) is 46.6 Å². The van der Waals surface area contributed by atoms with Gasteiger partial charge in [0.1, 0.15) is 0 Å². The van der Waals surface area contributed by atoms with Crippen LogP contribution in [0.2, 0.25) is 0 Å². The molecule has 1 N–H and O–H groups in total. The maximum atomic E-state index is 12.7. The number of hydrogen-bond donors (Lipinski definition) is 1. The van der Waals surface area contributed by atoms with E-state index in [2.05, 4.69) is 15.6 Å². The summed E-state index contributed by atoms with van der Waals surface area (Å²) in [6, 6.07) is 15.6. The Morgan fingerprint density at radius 3 is 2.67 bits per heavy atom. The largest absolute Gasteiger partial charge is 0.347 e. The van der Waals surface area contributed by atoms with E-state index in [-0.39, 0.29) is 11.8 Å². The lowest BCUT2D eigenvalue weighted by atomic mass is 10.1. The minimum Gasteiger partial charge on any atom is -0.347 e. The van der Waals surface area contributed by atoms with Gasteiger partial charge in [-0.05, 0) is 62.1 Å². The van der Waals surface area contributed by atoms with Crippen molar-refractivity contribution in [2.45, 2.75) is 39.7 Å². The van der Waals surface area contributed by atoms with Gasteiger partial charge in [-0.15, -0.1) is 5.10 Å². The molecule has 154 valence electrons. The van der Waals surface area contributed by atoms with Crippen molar-refractivity contribution >= 4 is 17.5 Å². The maximum absolute atomic E-state index is 12.7. The highest BCUT2D eigenvalue weighted by atomic mass is 16.2. The van der Waals surface area contributed by atoms with Crippen LogP contribution in [0.5, 0.6) is 0 Å². The number of aryl methyl sites for hydroxylation is 1. The molecule has 7 heteroatoms. The second-order valence-corrected chi connectivity index (χ2v) is 7.63. The van der Waals surface area contributed by atoms with Crippen LogP contribution in [0.4, 0.5) is 5.69 Å². The number of amides is 2. The predicted octanol–water partition coefficient (Wildman–Crippen LogP) is 3.33. The second kappa shape index (κ2) is 8.49. The number of benzene rings is 2. The van der Waals surface area contributed by atoms with Crippen molar-refractivity contribution in [3.05, 3.63) is 71.0 Å². The molecule has 2 heterocycles. The van der Waals surface area contributed by atoms with Crippen LogP contribution < -0.4 is 10.2 Å². The Kier molecular flexibility index (Phi) is 5.61. The number of hydrogen-bond acceptors (Lipinski definition) is 4. The number of nitrogens with one attached hydrogen (secondary N) is 1. The van der Waals surface area contributed by atoms with Crippen LogP contribution in [0, 0.1) is 13.8 Å². The first-order valence-electron chi connectivity index (χ1n) is 10.2. The summed E-state index contributed by atoms with van der Waals surface area (Å²) < 4.78 is 1.67. The van der Waals surface area contributed by atoms with Crippen LogP contribution in [0.25, 0.3) is 5.69 Å². The topological polar surface area (TPSA) is 80.1 Å². The van der Waals surface area contributed by atoms with Crippen molar-refractivity contribution in [2.75, 3.05) is 11.4 Å². The van der Waals surface area contributed by atoms with Gasteiger partial charge in [0, 0.05) is 25.2 Å². The Balaban J connectivity index is 1.45. The lowest BCUT2D eigenvalue weighted by molar-refractivity contribution is -0.119. The monoisotopic (exact) mass is 403 g/mol. The fraction of sp³-hybridized carbons (Fsp3) is 0.304. The molecule has 1 fully saturated rings. The van der Waals surface area contributed by atoms with Crippen molar-refractivity contribution in [1.29, 1.82) is 0 Å². The normalized spacial score (nSPS) is 14.1. The fourth-order valence-corrected chi connectivity index (χ4v) is 3.72. The van der Waals surface area contributed by atoms with E-state index < -0.39 is 0 Å². The molecule has 0 unspecified atom stereocenters. The van der Waals surface area contributed by atoms with Gasteiger partial charge in [-0.25, -0.2) is 4.68 Å². The van der Waals surface area contributed by atoms with Crippen LogP contribution in [-0.4, -0.2) is 33.4 Å². The van der Waals surface area contributed by atoms with Gasteiger partial charge in [-0.3, -0.25) is 9.59 Å². The molecular formula is C23H25N5O2. The van der Waals surface area contributed by atoms with Gasteiger partial charge >= 0.3 is 0 Å². The molecule has 2 amide bonds. The highest BCUT2D eigenvalue weighted by Crippen LogP contribution is 2.22. The fourth-order valence-electron chi connectivity index (χ4n) is 3.72. The van der Waals surface area contributed by atoms with E-state index in [4.69, 9.17) is 0 Å². The third-order valence-electron chi connectivity index (χ3n) is 5.35. The zero-order chi connectivity index (χ0) is 21.1. The molecule has 0 atom stereocenters. The lowest BCUT2D eigenvalue weighted by Crippen LogP contribution is -2.35. The van der Waals surface area contributed by atoms with Gasteiger partial charge in [0.2, 0.25) is 5.91 Å². The number of rotatable bonds is 5. The molecule has 3 aromatic rings. The van der Waals surface area contributed by atoms with Gasteiger partial charge in [0.25, 0.3) is 5.91 Å². The molecule has 0 spiro atoms. The Morgan fingerprint density at radius 1 is 1.07 bits per heavy atom. The number of carbonyl (C=O) groups excluding carboxylic acids is 2. The number of nitrogens with zero attached hydrogens (tertiary/aromatic N) is 4. The summed E-state index contributed by atoms with van der Waals surface area (Å²) in [6.07, 6.45) is 2.56. The molecule has 0 bridgehead atoms. The first-order chi connectivity index (χ1) is 14.5. The van der Waals surface area contributed by atoms with E-state index in [1.807, 2.05) is 67.3 Å². The van der Waals surface area contributed by atoms with Crippen molar-refractivity contribution in [3.8, 4) is 5.69 Å². The number of carbonyl (C=O) groups is 2. The van der Waals surface area contributed by atoms with Gasteiger partial charge in [-0.1, -0.05) is 29.5 Å². The predicted molar refractivity (Wildman–Crippen MR) is 115 cm³/mol. The average molecular weight is 403 g/mol. The standard InChI is InChI=1S/C23H25N5O2/c1-16-7-5-10-20(13-16)28-17(2)22(25-26-28)23(30)24-15-18-8-6-9-19(14-18)27-12-4-3-11-21(27)29/h5-10,13-14H,3-4,11-12,15H2,1-2H3,(H,24,30). The third-order valence-corrected chi connectivity index (χ3v) is 5.35. The van der Waals surface area contributed by atoms with Crippen LogP contribution in [0.15, 0.2) is 48.5 Å². The lowest BCUT2D eigenvalue weighted by Gasteiger charge is -2.27. The number of anilines is 1. The number of aromatic nitrogens is 3. The molecule has 1 aliphatic rings. The Bertz CT molecular complexity index is 1090. The Hall–Kier alpha value is -3.48. The van der Waals surface area contributed by atoms with Gasteiger partial charge in [-0.2, -0.15) is 0 Å². The SMILES string of the molecule is Cc1cccc(-n2nnc(C(=O)NCc3cccc(N4CCCCC4=O)c3)c2C)c1. The highest BCUT2D eigenvalue weighted by molar-refractivity contribution is 5.94. The molecule has 0 aliphatic carbocycles. The molecule has 0 radical (unpaired) electrons. The van der Waals surface area contributed by atoms with Gasteiger partial charge in [0.05, 0.1) is 11.4 Å². The molecule has 1 aromatic heterocycles. The molecule has 2 aromatic carbocycles. The first-order valence-corrected chi connectivity index (χ1v) is 10.2. The zero-order valence-electron chi connectivity index (χ0n) is 17.3. The smallest absolute Gasteiger partial charge is 0.274 e. The average Bonchev–Trinajstić information content (AvgIpc) is 3.14. The van der Waals surface area contributed by atoms with Crippen molar-refractivity contribution < 1.29 is 9.59 Å². The van der Waals surface area contributed by atoms with Crippen LogP contribution in [-0.2, 0) is 11.3 Å². The highest BCUT2D eigenvalue weighted by Gasteiger charge is 2.20. The van der Waals surface area contributed by atoms with Crippen molar-refractivity contribution in [1.82, 2.24) is 20.3 Å². The van der Waals surface area contributed by atoms with Crippen molar-refractivity contribution in [3.63, 3.8) is 0 Å². The summed E-state index contributed by atoms with van der Waals surface area (Å²) in [5.74, 6) is -0.114. The minimum atomic E-state index is -0.272. The molecule has 30 heavy (non-hydrogen) atoms. The summed E-state index contributed by atoms with van der Waals surface area (Å²) in [5.41, 5.74) is 4.79. The van der Waals surface area contributed by atoms with E-state index in [9.17, 15) is 9.59 Å². The molecule has 4 rings (SSSR count). The second-order valence-electron chi connectivity index (χ2n) is 7.63. The summed E-state index contributed by atoms with van der Waals surface area (Å²) >= 11 is 0. The zero-order valence-corrected chi connectivity index (χ0v) is 17.3. The first kappa shape index (κ1) is 19.8. The van der Waals surface area contributed by atoms with Gasteiger partial charge in [0.15, 0.2) is 5.69 Å². The van der Waals surface area contributed by atoms with E-state index in [1.54, 1.807) is 4.68 Å². The Morgan fingerprint density at radius 2 is 1.87 bits per heavy atom. The number of piperidine rings is 1. The summed E-state index contributed by atoms with van der Waals surface area (Å²) in [7, 11) is 0. The van der Waals surface area contributed by atoms with E-state index >= 15 is 0 Å². The molecular weight excluding hydrogens is 378 g/mol. The Labute approximate surface area is 175 Å². The van der Waals surface area contributed by atoms with Crippen LogP contribution >= 0.6 is 0 Å². The van der Waals surface area contributed by atoms with Crippen LogP contribution in [0.3, 0.4) is 0 Å². The minimum absolute atomic E-state index is 0.158. The summed E-state index contributed by atoms with van der Waals surface area (Å²) in [4.78, 5) is 26.7. The van der Waals surface area contributed by atoms with Crippen molar-refractivity contribution in [2.24, 2.45) is 0 Å². The van der Waals surface area contributed by atoms with E-state index in [1.165, 1.54) is 0 Å². The molecule has 1 saturated heterocycles. The molecule has 7 nitrogen and oxygen atoms in total. The maximum Gasteiger partial charge on any atom is 0.274 e. The van der Waals surface area contributed by atoms with E-state index in [0.717, 1.165) is 41.9 Å². The van der Waals surface area contributed by atoms with E-state index in [0.29, 0.717) is 24.4 Å².